The lowest BCUT2D eigenvalue weighted by atomic mass is 9.91. The highest BCUT2D eigenvalue weighted by Gasteiger charge is 2.20. The molecule has 6 heteroatoms. The average molecular weight is 386 g/mol. The lowest BCUT2D eigenvalue weighted by molar-refractivity contribution is 0.576. The van der Waals surface area contributed by atoms with Crippen molar-refractivity contribution in [3.05, 3.63) is 65.9 Å². The quantitative estimate of drug-likeness (QED) is 0.621. The molecule has 0 aliphatic rings. The number of H-pyrrole nitrogens is 1. The van der Waals surface area contributed by atoms with Crippen LogP contribution in [-0.2, 0) is 10.0 Å². The summed E-state index contributed by atoms with van der Waals surface area (Å²) >= 11 is 0. The number of fused-ring (bicyclic) bond motifs is 1. The van der Waals surface area contributed by atoms with E-state index in [9.17, 15) is 8.42 Å². The van der Waals surface area contributed by atoms with Crippen molar-refractivity contribution in [3.8, 4) is 0 Å². The van der Waals surface area contributed by atoms with Crippen LogP contribution >= 0.6 is 0 Å². The standard InChI is InChI=1S/C21H27N3O2S/c1-4-13-27(25,26)23-15-19(16-9-11-17(12-10-16)24(2)3)20-14-22-21-8-6-5-7-18(20)21/h5-12,14,19,22-23H,4,13,15H2,1-3H3/t19-/m1/s1. The van der Waals surface area contributed by atoms with Gasteiger partial charge in [-0.3, -0.25) is 0 Å². The zero-order chi connectivity index (χ0) is 19.4. The van der Waals surface area contributed by atoms with Gasteiger partial charge in [-0.25, -0.2) is 13.1 Å². The van der Waals surface area contributed by atoms with Crippen LogP contribution in [0, 0.1) is 0 Å². The van der Waals surface area contributed by atoms with E-state index in [2.05, 4.69) is 44.9 Å². The molecule has 0 aliphatic heterocycles. The summed E-state index contributed by atoms with van der Waals surface area (Å²) in [6.45, 7) is 2.21. The van der Waals surface area contributed by atoms with E-state index in [-0.39, 0.29) is 11.7 Å². The average Bonchev–Trinajstić information content (AvgIpc) is 3.06. The van der Waals surface area contributed by atoms with Crippen LogP contribution in [0.5, 0.6) is 0 Å². The number of nitrogens with zero attached hydrogens (tertiary/aromatic N) is 1. The van der Waals surface area contributed by atoms with Gasteiger partial charge in [-0.05, 0) is 35.7 Å². The van der Waals surface area contributed by atoms with Crippen molar-refractivity contribution in [2.75, 3.05) is 31.3 Å². The van der Waals surface area contributed by atoms with Crippen LogP contribution in [0.3, 0.4) is 0 Å². The summed E-state index contributed by atoms with van der Waals surface area (Å²) < 4.78 is 27.2. The van der Waals surface area contributed by atoms with Crippen molar-refractivity contribution >= 4 is 26.6 Å². The fraction of sp³-hybridized carbons (Fsp3) is 0.333. The minimum Gasteiger partial charge on any atom is -0.378 e. The van der Waals surface area contributed by atoms with Crippen LogP contribution < -0.4 is 9.62 Å². The molecule has 2 N–H and O–H groups in total. The van der Waals surface area contributed by atoms with Gasteiger partial charge in [-0.2, -0.15) is 0 Å². The summed E-state index contributed by atoms with van der Waals surface area (Å²) in [6.07, 6.45) is 2.59. The summed E-state index contributed by atoms with van der Waals surface area (Å²) in [6, 6.07) is 16.4. The predicted octanol–water partition coefficient (Wildman–Crippen LogP) is 3.70. The van der Waals surface area contributed by atoms with Crippen LogP contribution in [0.1, 0.15) is 30.4 Å². The van der Waals surface area contributed by atoms with Gasteiger partial charge in [0.05, 0.1) is 5.75 Å². The minimum atomic E-state index is -3.27. The zero-order valence-corrected chi connectivity index (χ0v) is 16.9. The molecule has 0 fully saturated rings. The third kappa shape index (κ3) is 4.51. The van der Waals surface area contributed by atoms with Crippen molar-refractivity contribution in [1.29, 1.82) is 0 Å². The first-order valence-electron chi connectivity index (χ1n) is 9.22. The number of sulfonamides is 1. The molecular weight excluding hydrogens is 358 g/mol. The summed E-state index contributed by atoms with van der Waals surface area (Å²) in [4.78, 5) is 5.35. The van der Waals surface area contributed by atoms with Gasteiger partial charge in [0.1, 0.15) is 0 Å². The summed E-state index contributed by atoms with van der Waals surface area (Å²) in [7, 11) is 0.741. The molecule has 0 spiro atoms. The monoisotopic (exact) mass is 385 g/mol. The molecule has 0 aliphatic carbocycles. The molecule has 0 saturated heterocycles. The minimum absolute atomic E-state index is 0.0657. The number of nitrogens with one attached hydrogen (secondary N) is 2. The molecule has 0 amide bonds. The number of aromatic nitrogens is 1. The highest BCUT2D eigenvalue weighted by atomic mass is 32.2. The van der Waals surface area contributed by atoms with Gasteiger partial charge in [0.15, 0.2) is 0 Å². The third-order valence-electron chi connectivity index (χ3n) is 4.79. The van der Waals surface area contributed by atoms with E-state index < -0.39 is 10.0 Å². The first kappa shape index (κ1) is 19.5. The predicted molar refractivity (Wildman–Crippen MR) is 113 cm³/mol. The van der Waals surface area contributed by atoms with E-state index in [1.165, 1.54) is 0 Å². The Balaban J connectivity index is 1.98. The molecule has 3 rings (SSSR count). The van der Waals surface area contributed by atoms with Crippen LogP contribution in [0.2, 0.25) is 0 Å². The molecule has 27 heavy (non-hydrogen) atoms. The van der Waals surface area contributed by atoms with Gasteiger partial charge in [-0.15, -0.1) is 0 Å². The number of anilines is 1. The first-order valence-corrected chi connectivity index (χ1v) is 10.9. The summed E-state index contributed by atoms with van der Waals surface area (Å²) in [5.41, 5.74) is 4.36. The van der Waals surface area contributed by atoms with Gasteiger partial charge in [-0.1, -0.05) is 37.3 Å². The maximum atomic E-state index is 12.2. The first-order chi connectivity index (χ1) is 12.9. The normalized spacial score (nSPS) is 13.0. The maximum absolute atomic E-state index is 12.2. The lowest BCUT2D eigenvalue weighted by Crippen LogP contribution is -2.30. The zero-order valence-electron chi connectivity index (χ0n) is 16.1. The second kappa shape index (κ2) is 8.15. The van der Waals surface area contributed by atoms with Crippen LogP contribution in [0.15, 0.2) is 54.7 Å². The molecule has 0 radical (unpaired) electrons. The van der Waals surface area contributed by atoms with E-state index in [1.807, 2.05) is 45.4 Å². The molecule has 2 aromatic carbocycles. The van der Waals surface area contributed by atoms with Gasteiger partial charge in [0.2, 0.25) is 10.0 Å². The molecule has 1 heterocycles. The van der Waals surface area contributed by atoms with Crippen molar-refractivity contribution in [2.24, 2.45) is 0 Å². The van der Waals surface area contributed by atoms with E-state index in [4.69, 9.17) is 0 Å². The van der Waals surface area contributed by atoms with Crippen molar-refractivity contribution in [3.63, 3.8) is 0 Å². The van der Waals surface area contributed by atoms with E-state index >= 15 is 0 Å². The van der Waals surface area contributed by atoms with Gasteiger partial charge in [0, 0.05) is 49.3 Å². The Hall–Kier alpha value is -2.31. The second-order valence-corrected chi connectivity index (χ2v) is 8.92. The number of hydrogen-bond acceptors (Lipinski definition) is 3. The maximum Gasteiger partial charge on any atom is 0.211 e. The van der Waals surface area contributed by atoms with E-state index in [0.29, 0.717) is 13.0 Å². The summed E-state index contributed by atoms with van der Waals surface area (Å²) in [5, 5.41) is 1.12. The van der Waals surface area contributed by atoms with Crippen LogP contribution in [0.4, 0.5) is 5.69 Å². The highest BCUT2D eigenvalue weighted by molar-refractivity contribution is 7.89. The number of hydrogen-bond donors (Lipinski definition) is 2. The molecule has 0 bridgehead atoms. The second-order valence-electron chi connectivity index (χ2n) is 7.00. The Labute approximate surface area is 161 Å². The Morgan fingerprint density at radius 3 is 2.44 bits per heavy atom. The molecule has 1 aromatic heterocycles. The van der Waals surface area contributed by atoms with Crippen LogP contribution in [0.25, 0.3) is 10.9 Å². The number of benzene rings is 2. The summed E-state index contributed by atoms with van der Waals surface area (Å²) in [5.74, 6) is 0.0803. The van der Waals surface area contributed by atoms with Gasteiger partial charge >= 0.3 is 0 Å². The fourth-order valence-corrected chi connectivity index (χ4v) is 4.45. The van der Waals surface area contributed by atoms with Crippen molar-refractivity contribution in [2.45, 2.75) is 19.3 Å². The molecule has 5 nitrogen and oxygen atoms in total. The van der Waals surface area contributed by atoms with Gasteiger partial charge in [0.25, 0.3) is 0 Å². The third-order valence-corrected chi connectivity index (χ3v) is 6.34. The topological polar surface area (TPSA) is 65.2 Å². The number of para-hydroxylation sites is 1. The smallest absolute Gasteiger partial charge is 0.211 e. The molecule has 0 saturated carbocycles. The molecule has 1 atom stereocenters. The Morgan fingerprint density at radius 2 is 1.78 bits per heavy atom. The number of rotatable bonds is 8. The molecule has 0 unspecified atom stereocenters. The van der Waals surface area contributed by atoms with Crippen molar-refractivity contribution < 1.29 is 8.42 Å². The van der Waals surface area contributed by atoms with E-state index in [1.54, 1.807) is 0 Å². The van der Waals surface area contributed by atoms with Gasteiger partial charge < -0.3 is 9.88 Å². The van der Waals surface area contributed by atoms with E-state index in [0.717, 1.165) is 27.7 Å². The van der Waals surface area contributed by atoms with Crippen molar-refractivity contribution in [1.82, 2.24) is 9.71 Å². The Bertz CT molecular complexity index is 992. The molecule has 144 valence electrons. The van der Waals surface area contributed by atoms with Crippen LogP contribution in [-0.4, -0.2) is 39.8 Å². The molecular formula is C21H27N3O2S. The largest absolute Gasteiger partial charge is 0.378 e. The fourth-order valence-electron chi connectivity index (χ4n) is 3.35. The number of aromatic amines is 1. The lowest BCUT2D eigenvalue weighted by Gasteiger charge is -2.20. The molecule has 3 aromatic rings. The Kier molecular flexibility index (Phi) is 5.87. The Morgan fingerprint density at radius 1 is 1.07 bits per heavy atom. The highest BCUT2D eigenvalue weighted by Crippen LogP contribution is 2.31. The SMILES string of the molecule is CCCS(=O)(=O)NC[C@H](c1ccc(N(C)C)cc1)c1c[nH]c2ccccc12.